The summed E-state index contributed by atoms with van der Waals surface area (Å²) in [6.07, 6.45) is 3.11. The SMILES string of the molecule is CCOC(=O)C[C@H](c1ccc(C)c(CN2Cc3ncccc3O[C@H](CC)C2)c1)c1ccc(NC)c(N)c1C. The number of nitrogens with one attached hydrogen (secondary N) is 1. The Labute approximate surface area is 226 Å². The quantitative estimate of drug-likeness (QED) is 0.283. The van der Waals surface area contributed by atoms with Gasteiger partial charge in [0.2, 0.25) is 0 Å². The highest BCUT2D eigenvalue weighted by Crippen LogP contribution is 2.37. The number of ether oxygens (including phenoxy) is 2. The summed E-state index contributed by atoms with van der Waals surface area (Å²) in [6.45, 7) is 10.8. The number of carbonyl (C=O) groups excluding carboxylic acids is 1. The molecular formula is C31H40N4O3. The van der Waals surface area contributed by atoms with Gasteiger partial charge in [-0.2, -0.15) is 0 Å². The van der Waals surface area contributed by atoms with Crippen LogP contribution in [0, 0.1) is 13.8 Å². The zero-order valence-corrected chi connectivity index (χ0v) is 23.2. The number of aromatic nitrogens is 1. The molecule has 2 heterocycles. The van der Waals surface area contributed by atoms with Gasteiger partial charge in [0.25, 0.3) is 0 Å². The largest absolute Gasteiger partial charge is 0.487 e. The molecule has 0 radical (unpaired) electrons. The summed E-state index contributed by atoms with van der Waals surface area (Å²) in [6, 6.07) is 14.5. The van der Waals surface area contributed by atoms with Crippen molar-refractivity contribution in [3.05, 3.63) is 82.2 Å². The van der Waals surface area contributed by atoms with E-state index in [1.165, 1.54) is 11.1 Å². The molecule has 38 heavy (non-hydrogen) atoms. The van der Waals surface area contributed by atoms with Crippen LogP contribution in [-0.4, -0.2) is 42.2 Å². The van der Waals surface area contributed by atoms with Crippen LogP contribution in [0.2, 0.25) is 0 Å². The van der Waals surface area contributed by atoms with Crippen LogP contribution in [0.1, 0.15) is 66.1 Å². The van der Waals surface area contributed by atoms with Crippen LogP contribution in [0.15, 0.2) is 48.7 Å². The smallest absolute Gasteiger partial charge is 0.306 e. The molecule has 0 saturated carbocycles. The van der Waals surface area contributed by atoms with Gasteiger partial charge in [-0.15, -0.1) is 0 Å². The Morgan fingerprint density at radius 2 is 2.05 bits per heavy atom. The van der Waals surface area contributed by atoms with E-state index in [2.05, 4.69) is 53.3 Å². The molecular weight excluding hydrogens is 476 g/mol. The van der Waals surface area contributed by atoms with E-state index in [9.17, 15) is 4.79 Å². The van der Waals surface area contributed by atoms with Crippen molar-refractivity contribution in [2.24, 2.45) is 0 Å². The maximum absolute atomic E-state index is 12.7. The van der Waals surface area contributed by atoms with Crippen LogP contribution >= 0.6 is 0 Å². The molecule has 2 atom stereocenters. The molecule has 0 aliphatic carbocycles. The zero-order valence-electron chi connectivity index (χ0n) is 23.2. The minimum absolute atomic E-state index is 0.108. The summed E-state index contributed by atoms with van der Waals surface area (Å²) in [5.74, 6) is 0.494. The lowest BCUT2D eigenvalue weighted by atomic mass is 9.84. The molecule has 0 amide bonds. The van der Waals surface area contributed by atoms with E-state index >= 15 is 0 Å². The van der Waals surface area contributed by atoms with Crippen LogP contribution in [0.25, 0.3) is 0 Å². The Morgan fingerprint density at radius 3 is 2.79 bits per heavy atom. The number of nitrogens with zero attached hydrogens (tertiary/aromatic N) is 2. The summed E-state index contributed by atoms with van der Waals surface area (Å²) in [7, 11) is 1.86. The second-order valence-electron chi connectivity index (χ2n) is 10.0. The van der Waals surface area contributed by atoms with Crippen LogP contribution in [0.4, 0.5) is 11.4 Å². The summed E-state index contributed by atoms with van der Waals surface area (Å²) in [4.78, 5) is 19.7. The second-order valence-corrected chi connectivity index (χ2v) is 10.0. The van der Waals surface area contributed by atoms with E-state index < -0.39 is 0 Å². The third-order valence-electron chi connectivity index (χ3n) is 7.48. The van der Waals surface area contributed by atoms with E-state index in [0.29, 0.717) is 12.3 Å². The minimum Gasteiger partial charge on any atom is -0.487 e. The van der Waals surface area contributed by atoms with Gasteiger partial charge in [-0.3, -0.25) is 14.7 Å². The Kier molecular flexibility index (Phi) is 8.89. The van der Waals surface area contributed by atoms with E-state index in [4.69, 9.17) is 15.2 Å². The van der Waals surface area contributed by atoms with Gasteiger partial charge in [0, 0.05) is 38.8 Å². The average Bonchev–Trinajstić information content (AvgIpc) is 3.09. The molecule has 1 aliphatic rings. The topological polar surface area (TPSA) is 89.7 Å². The van der Waals surface area contributed by atoms with E-state index in [1.54, 1.807) is 0 Å². The molecule has 202 valence electrons. The molecule has 0 saturated heterocycles. The summed E-state index contributed by atoms with van der Waals surface area (Å²) >= 11 is 0. The molecule has 1 aromatic heterocycles. The number of carbonyl (C=O) groups is 1. The fourth-order valence-electron chi connectivity index (χ4n) is 5.22. The predicted molar refractivity (Wildman–Crippen MR) is 152 cm³/mol. The first kappa shape index (κ1) is 27.5. The van der Waals surface area contributed by atoms with E-state index in [-0.39, 0.29) is 24.4 Å². The summed E-state index contributed by atoms with van der Waals surface area (Å²) < 4.78 is 11.6. The molecule has 7 heteroatoms. The maximum Gasteiger partial charge on any atom is 0.306 e. The lowest BCUT2D eigenvalue weighted by Gasteiger charge is -2.26. The van der Waals surface area contributed by atoms with Crippen LogP contribution in [0.3, 0.4) is 0 Å². The van der Waals surface area contributed by atoms with Crippen molar-refractivity contribution in [1.82, 2.24) is 9.88 Å². The van der Waals surface area contributed by atoms with E-state index in [0.717, 1.165) is 59.9 Å². The molecule has 0 spiro atoms. The summed E-state index contributed by atoms with van der Waals surface area (Å²) in [5.41, 5.74) is 14.5. The number of anilines is 2. The van der Waals surface area contributed by atoms with Gasteiger partial charge in [-0.1, -0.05) is 31.2 Å². The molecule has 0 fully saturated rings. The van der Waals surface area contributed by atoms with Crippen molar-refractivity contribution >= 4 is 17.3 Å². The molecule has 4 rings (SSSR count). The molecule has 0 bridgehead atoms. The van der Waals surface area contributed by atoms with Crippen molar-refractivity contribution in [3.63, 3.8) is 0 Å². The number of hydrogen-bond acceptors (Lipinski definition) is 7. The van der Waals surface area contributed by atoms with Crippen LogP contribution < -0.4 is 15.8 Å². The number of fused-ring (bicyclic) bond motifs is 1. The number of pyridine rings is 1. The van der Waals surface area contributed by atoms with Gasteiger partial charge in [0.15, 0.2) is 0 Å². The highest BCUT2D eigenvalue weighted by Gasteiger charge is 2.25. The van der Waals surface area contributed by atoms with Crippen LogP contribution in [0.5, 0.6) is 5.75 Å². The maximum atomic E-state index is 12.7. The molecule has 1 aliphatic heterocycles. The number of esters is 1. The molecule has 2 aromatic carbocycles. The third kappa shape index (κ3) is 6.10. The zero-order chi connectivity index (χ0) is 27.2. The van der Waals surface area contributed by atoms with Gasteiger partial charge in [0.1, 0.15) is 11.9 Å². The summed E-state index contributed by atoms with van der Waals surface area (Å²) in [5, 5.41) is 3.15. The number of benzene rings is 2. The predicted octanol–water partition coefficient (Wildman–Crippen LogP) is 5.58. The first-order valence-electron chi connectivity index (χ1n) is 13.5. The second kappa shape index (κ2) is 12.3. The lowest BCUT2D eigenvalue weighted by molar-refractivity contribution is -0.143. The average molecular weight is 517 g/mol. The monoisotopic (exact) mass is 516 g/mol. The first-order valence-corrected chi connectivity index (χ1v) is 13.5. The molecule has 0 unspecified atom stereocenters. The Morgan fingerprint density at radius 1 is 1.24 bits per heavy atom. The van der Waals surface area contributed by atoms with E-state index in [1.807, 2.05) is 45.3 Å². The van der Waals surface area contributed by atoms with Crippen molar-refractivity contribution in [1.29, 1.82) is 0 Å². The number of nitrogen functional groups attached to an aromatic ring is 1. The fraction of sp³-hybridized carbons (Fsp3) is 0.419. The lowest BCUT2D eigenvalue weighted by Crippen LogP contribution is -2.32. The number of nitrogens with two attached hydrogens (primary N) is 1. The van der Waals surface area contributed by atoms with Crippen LogP contribution in [-0.2, 0) is 22.6 Å². The highest BCUT2D eigenvalue weighted by molar-refractivity contribution is 5.75. The Bertz CT molecular complexity index is 1280. The van der Waals surface area contributed by atoms with Crippen molar-refractivity contribution in [3.8, 4) is 5.75 Å². The standard InChI is InChI=1S/C31H40N4O3/c1-6-24-18-35(19-28-29(38-24)9-8-14-34-28)17-23-15-22(11-10-20(23)3)26(16-30(36)37-7-2)25-12-13-27(33-5)31(32)21(25)4/h8-15,24,26,33H,6-7,16-19,32H2,1-5H3/t24-,26-/m1/s1. The van der Waals surface area contributed by atoms with Crippen molar-refractivity contribution < 1.29 is 14.3 Å². The number of hydrogen-bond donors (Lipinski definition) is 2. The van der Waals surface area contributed by atoms with Gasteiger partial charge in [-0.05, 0) is 73.2 Å². The van der Waals surface area contributed by atoms with Crippen molar-refractivity contribution in [2.75, 3.05) is 31.2 Å². The Hall–Kier alpha value is -3.58. The fourth-order valence-corrected chi connectivity index (χ4v) is 5.22. The first-order chi connectivity index (χ1) is 18.3. The third-order valence-corrected chi connectivity index (χ3v) is 7.48. The molecule has 3 aromatic rings. The molecule has 7 nitrogen and oxygen atoms in total. The number of rotatable bonds is 9. The number of aryl methyl sites for hydroxylation is 1. The van der Waals surface area contributed by atoms with Gasteiger partial charge in [-0.25, -0.2) is 0 Å². The van der Waals surface area contributed by atoms with Gasteiger partial charge < -0.3 is 20.5 Å². The normalized spacial score (nSPS) is 16.2. The highest BCUT2D eigenvalue weighted by atomic mass is 16.5. The Balaban J connectivity index is 1.69. The minimum atomic E-state index is -0.214. The van der Waals surface area contributed by atoms with Gasteiger partial charge in [0.05, 0.1) is 30.1 Å². The molecule has 3 N–H and O–H groups in total. The van der Waals surface area contributed by atoms with Gasteiger partial charge >= 0.3 is 5.97 Å². The van der Waals surface area contributed by atoms with Crippen molar-refractivity contribution in [2.45, 2.75) is 65.6 Å².